The molecule has 0 saturated carbocycles. The van der Waals surface area contributed by atoms with Crippen LogP contribution in [-0.4, -0.2) is 0 Å². The van der Waals surface area contributed by atoms with Crippen LogP contribution in [0.3, 0.4) is 0 Å². The van der Waals surface area contributed by atoms with Crippen LogP contribution in [0.4, 0.5) is 0 Å². The molecule has 0 rings (SSSR count). The number of rotatable bonds is 0. The minimum absolute atomic E-state index is 0. The summed E-state index contributed by atoms with van der Waals surface area (Å²) in [6.07, 6.45) is 0. The molecule has 38 valence electrons. The molecule has 0 unspecified atom stereocenters. The Balaban J connectivity index is 0. The topological polar surface area (TPSA) is 0 Å². The van der Waals surface area contributed by atoms with Crippen molar-refractivity contribution in [3.05, 3.63) is 0 Å². The monoisotopic (exact) mass is 507 g/mol. The summed E-state index contributed by atoms with van der Waals surface area (Å²) in [6, 6.07) is 0. The van der Waals surface area contributed by atoms with Crippen LogP contribution in [0.15, 0.2) is 0 Å². The molecule has 4 heteroatoms. The molecule has 0 spiro atoms. The summed E-state index contributed by atoms with van der Waals surface area (Å²) in [5.41, 5.74) is 0. The molecule has 0 bridgehead atoms. The third kappa shape index (κ3) is 8.82. The van der Waals surface area contributed by atoms with E-state index in [0.717, 1.165) is 0 Å². The fraction of sp³-hybridized carbons (Fsp3) is 0. The van der Waals surface area contributed by atoms with Crippen LogP contribution in [0.2, 0.25) is 0 Å². The molecular formula is PdPtRh2. The fourth-order valence-corrected chi connectivity index (χ4v) is 0. The first-order chi connectivity index (χ1) is 0. The van der Waals surface area contributed by atoms with Gasteiger partial charge >= 0.3 is 0 Å². The molecule has 4 heavy (non-hydrogen) atoms. The maximum atomic E-state index is 0. The summed E-state index contributed by atoms with van der Waals surface area (Å²) in [5.74, 6) is 0. The van der Waals surface area contributed by atoms with Gasteiger partial charge in [0.15, 0.2) is 0 Å². The summed E-state index contributed by atoms with van der Waals surface area (Å²) in [5, 5.41) is 0. The van der Waals surface area contributed by atoms with Crippen molar-refractivity contribution < 1.29 is 80.4 Å². The van der Waals surface area contributed by atoms with E-state index in [1.165, 1.54) is 0 Å². The van der Waals surface area contributed by atoms with E-state index in [1.54, 1.807) is 0 Å². The van der Waals surface area contributed by atoms with E-state index >= 15 is 0 Å². The number of hydrogen-bond donors (Lipinski definition) is 0. The quantitative estimate of drug-likeness (QED) is 0.405. The predicted molar refractivity (Wildman–Crippen MR) is 0 cm³/mol. The Kier molecular flexibility index (Phi) is 134. The van der Waals surface area contributed by atoms with E-state index in [-0.39, 0.29) is 80.4 Å². The second kappa shape index (κ2) is 17.5. The Hall–Kier alpha value is 2.60. The molecule has 0 aliphatic heterocycles. The van der Waals surface area contributed by atoms with Crippen molar-refractivity contribution in [2.75, 3.05) is 0 Å². The maximum absolute atomic E-state index is 0. The van der Waals surface area contributed by atoms with Crippen molar-refractivity contribution >= 4 is 0 Å². The Morgan fingerprint density at radius 3 is 0.750 bits per heavy atom. The SMILES string of the molecule is [Pd].[Pt].[Rh].[Rh]. The van der Waals surface area contributed by atoms with Gasteiger partial charge in [-0.1, -0.05) is 0 Å². The Morgan fingerprint density at radius 2 is 0.750 bits per heavy atom. The van der Waals surface area contributed by atoms with E-state index in [1.807, 2.05) is 0 Å². The number of hydrogen-bond acceptors (Lipinski definition) is 0. The van der Waals surface area contributed by atoms with Gasteiger partial charge in [-0.05, 0) is 0 Å². The molecule has 0 heterocycles. The maximum Gasteiger partial charge on any atom is 0 e. The first kappa shape index (κ1) is 30.6. The van der Waals surface area contributed by atoms with Gasteiger partial charge in [0.25, 0.3) is 0 Å². The minimum Gasteiger partial charge on any atom is 0 e. The van der Waals surface area contributed by atoms with E-state index in [9.17, 15) is 0 Å². The largest absolute Gasteiger partial charge is 0 e. The zero-order valence-corrected chi connectivity index (χ0v) is 8.40. The Bertz CT molecular complexity index is 6.00. The van der Waals surface area contributed by atoms with Crippen LogP contribution in [0.5, 0.6) is 0 Å². The summed E-state index contributed by atoms with van der Waals surface area (Å²) < 4.78 is 0. The average Bonchev–Trinajstić information content (AvgIpc) is 0. The van der Waals surface area contributed by atoms with Gasteiger partial charge in [-0.15, -0.1) is 0 Å². The molecule has 0 amide bonds. The van der Waals surface area contributed by atoms with Crippen molar-refractivity contribution in [3.8, 4) is 0 Å². The van der Waals surface area contributed by atoms with Crippen LogP contribution in [0, 0.1) is 0 Å². The van der Waals surface area contributed by atoms with E-state index in [4.69, 9.17) is 0 Å². The predicted octanol–water partition coefficient (Wildman–Crippen LogP) is -0.0100. The normalized spacial score (nSPS) is 0. The van der Waals surface area contributed by atoms with Gasteiger partial charge < -0.3 is 0 Å². The van der Waals surface area contributed by atoms with Crippen LogP contribution in [0.1, 0.15) is 0 Å². The zero-order chi connectivity index (χ0) is 0. The summed E-state index contributed by atoms with van der Waals surface area (Å²) in [7, 11) is 0. The Labute approximate surface area is 79.3 Å². The van der Waals surface area contributed by atoms with Gasteiger partial charge in [0.2, 0.25) is 0 Å². The molecule has 0 fully saturated rings. The van der Waals surface area contributed by atoms with Crippen molar-refractivity contribution in [2.24, 2.45) is 0 Å². The molecule has 0 atom stereocenters. The van der Waals surface area contributed by atoms with Crippen molar-refractivity contribution in [1.29, 1.82) is 0 Å². The molecule has 2 radical (unpaired) electrons. The van der Waals surface area contributed by atoms with Crippen LogP contribution >= 0.6 is 0 Å². The van der Waals surface area contributed by atoms with E-state index in [2.05, 4.69) is 0 Å². The molecule has 0 aromatic heterocycles. The molecule has 0 N–H and O–H groups in total. The molecule has 0 aromatic rings. The third-order valence-electron chi connectivity index (χ3n) is 0. The smallest absolute Gasteiger partial charge is 0 e. The van der Waals surface area contributed by atoms with Gasteiger partial charge in [0, 0.05) is 80.4 Å². The molecule has 0 aliphatic rings. The van der Waals surface area contributed by atoms with Gasteiger partial charge in [0.1, 0.15) is 0 Å². The zero-order valence-electron chi connectivity index (χ0n) is 1.30. The first-order valence-corrected chi connectivity index (χ1v) is 0. The van der Waals surface area contributed by atoms with Crippen LogP contribution in [-0.2, 0) is 80.4 Å². The molecule has 0 nitrogen and oxygen atoms in total. The van der Waals surface area contributed by atoms with Gasteiger partial charge in [0.05, 0.1) is 0 Å². The summed E-state index contributed by atoms with van der Waals surface area (Å²) in [6.45, 7) is 0. The third-order valence-corrected chi connectivity index (χ3v) is 0. The summed E-state index contributed by atoms with van der Waals surface area (Å²) in [4.78, 5) is 0. The molecular weight excluding hydrogens is 507 g/mol. The van der Waals surface area contributed by atoms with Crippen LogP contribution in [0.25, 0.3) is 0 Å². The molecule has 0 aliphatic carbocycles. The van der Waals surface area contributed by atoms with Crippen molar-refractivity contribution in [3.63, 3.8) is 0 Å². The molecule has 0 aromatic carbocycles. The first-order valence-electron chi connectivity index (χ1n) is 0. The fourth-order valence-electron chi connectivity index (χ4n) is 0. The van der Waals surface area contributed by atoms with Crippen molar-refractivity contribution in [2.45, 2.75) is 0 Å². The molecule has 0 saturated heterocycles. The summed E-state index contributed by atoms with van der Waals surface area (Å²) >= 11 is 0. The standard InChI is InChI=1S/Pd.Pt.2Rh. The average molecular weight is 507 g/mol. The van der Waals surface area contributed by atoms with E-state index < -0.39 is 0 Å². The minimum atomic E-state index is 0. The van der Waals surface area contributed by atoms with E-state index in [0.29, 0.717) is 0 Å². The Morgan fingerprint density at radius 1 is 0.750 bits per heavy atom. The van der Waals surface area contributed by atoms with Gasteiger partial charge in [-0.2, -0.15) is 0 Å². The second-order valence-electron chi connectivity index (χ2n) is 0. The van der Waals surface area contributed by atoms with Crippen molar-refractivity contribution in [1.82, 2.24) is 0 Å². The van der Waals surface area contributed by atoms with Gasteiger partial charge in [-0.3, -0.25) is 0 Å². The van der Waals surface area contributed by atoms with Crippen LogP contribution < -0.4 is 0 Å². The second-order valence-corrected chi connectivity index (χ2v) is 0. The van der Waals surface area contributed by atoms with Gasteiger partial charge in [-0.25, -0.2) is 0 Å².